The van der Waals surface area contributed by atoms with Crippen LogP contribution < -0.4 is 21.3 Å². The van der Waals surface area contributed by atoms with Gasteiger partial charge in [0, 0.05) is 29.3 Å². The number of ether oxygens (including phenoxy) is 1. The van der Waals surface area contributed by atoms with Crippen molar-refractivity contribution in [2.45, 2.75) is 130 Å². The smallest absolute Gasteiger partial charge is 0.297 e. The molecule has 3 rings (SSSR count). The Bertz CT molecular complexity index is 1480. The molecule has 0 fully saturated rings. The fourth-order valence-corrected chi connectivity index (χ4v) is 5.61. The van der Waals surface area contributed by atoms with E-state index in [1.165, 1.54) is 88.8 Å². The zero-order valence-corrected chi connectivity index (χ0v) is 30.0. The molecule has 0 aliphatic rings. The van der Waals surface area contributed by atoms with Gasteiger partial charge >= 0.3 is 0 Å². The zero-order valence-electron chi connectivity index (χ0n) is 29.2. The monoisotopic (exact) mass is 686 g/mol. The number of aromatic nitrogens is 1. The molecule has 0 spiro atoms. The largest absolute Gasteiger partial charge is 0.489 e. The van der Waals surface area contributed by atoms with Crippen molar-refractivity contribution in [2.75, 3.05) is 12.3 Å². The van der Waals surface area contributed by atoms with Crippen molar-refractivity contribution in [3.8, 4) is 11.4 Å². The fourth-order valence-electron chi connectivity index (χ4n) is 5.61. The van der Waals surface area contributed by atoms with Gasteiger partial charge in [0.25, 0.3) is 17.2 Å². The van der Waals surface area contributed by atoms with Crippen LogP contribution in [0.3, 0.4) is 0 Å². The van der Waals surface area contributed by atoms with Crippen molar-refractivity contribution in [1.82, 2.24) is 10.1 Å². The lowest BCUT2D eigenvalue weighted by atomic mass is 9.91. The third kappa shape index (κ3) is 12.7. The van der Waals surface area contributed by atoms with E-state index in [-0.39, 0.29) is 35.8 Å². The maximum atomic E-state index is 13.5. The molecule has 0 saturated carbocycles. The molecule has 10 nitrogen and oxygen atoms in total. The highest BCUT2D eigenvalue weighted by Crippen LogP contribution is 2.30. The SMILES string of the molecule is CCCCCCCCCCCCCCCCNC(=O)c1ccc(-n2oc(C(C)(C)C)c(COc3ccc(N)cc3)c2=O)c([N+](=O)[O-])c1.Cl. The number of hydrogen-bond donors (Lipinski definition) is 2. The van der Waals surface area contributed by atoms with Crippen LogP contribution in [-0.4, -0.2) is 22.1 Å². The molecular formula is C37H55ClN4O6. The van der Waals surface area contributed by atoms with Crippen molar-refractivity contribution in [2.24, 2.45) is 0 Å². The predicted octanol–water partition coefficient (Wildman–Crippen LogP) is 9.43. The lowest BCUT2D eigenvalue weighted by Crippen LogP contribution is -2.25. The topological polar surface area (TPSA) is 143 Å². The first-order valence-corrected chi connectivity index (χ1v) is 17.3. The molecule has 3 aromatic rings. The number of nitrogens with zero attached hydrogens (tertiary/aromatic N) is 2. The van der Waals surface area contributed by atoms with Crippen LogP contribution in [-0.2, 0) is 12.0 Å². The Morgan fingerprint density at radius 1 is 0.896 bits per heavy atom. The standard InChI is InChI=1S/C37H54N4O6.ClH/c1-5-6-7-8-9-10-11-12-13-14-15-16-17-18-25-39-35(42)28-19-24-32(33(26-28)41(44)45)40-36(43)31(34(47-40)37(2,3)4)27-46-30-22-20-29(38)21-23-30;/h19-24,26H,5-18,25,27,38H2,1-4H3,(H,39,42);1H. The van der Waals surface area contributed by atoms with Gasteiger partial charge in [-0.25, -0.2) is 0 Å². The van der Waals surface area contributed by atoms with Crippen molar-refractivity contribution < 1.29 is 19.0 Å². The van der Waals surface area contributed by atoms with Crippen LogP contribution in [0.1, 0.15) is 139 Å². The van der Waals surface area contributed by atoms with Crippen molar-refractivity contribution in [3.05, 3.63) is 79.8 Å². The van der Waals surface area contributed by atoms with Crippen LogP contribution in [0.5, 0.6) is 5.75 Å². The van der Waals surface area contributed by atoms with E-state index < -0.39 is 27.5 Å². The minimum atomic E-state index is -0.615. The lowest BCUT2D eigenvalue weighted by Gasteiger charge is -2.16. The summed E-state index contributed by atoms with van der Waals surface area (Å²) in [5, 5.41) is 15.0. The molecule has 0 radical (unpaired) electrons. The van der Waals surface area contributed by atoms with Gasteiger partial charge in [0.05, 0.1) is 10.5 Å². The van der Waals surface area contributed by atoms with Crippen molar-refractivity contribution in [1.29, 1.82) is 0 Å². The summed E-state index contributed by atoms with van der Waals surface area (Å²) in [6.07, 6.45) is 17.6. The van der Waals surface area contributed by atoms with Gasteiger partial charge in [0.15, 0.2) is 11.4 Å². The predicted molar refractivity (Wildman–Crippen MR) is 195 cm³/mol. The molecule has 3 N–H and O–H groups in total. The summed E-state index contributed by atoms with van der Waals surface area (Å²) in [5.74, 6) is 0.470. The fraction of sp³-hybridized carbons (Fsp3) is 0.568. The third-order valence-corrected chi connectivity index (χ3v) is 8.31. The van der Waals surface area contributed by atoms with Crippen LogP contribution in [0, 0.1) is 10.1 Å². The molecule has 0 aliphatic heterocycles. The van der Waals surface area contributed by atoms with Gasteiger partial charge in [-0.05, 0) is 42.8 Å². The second-order valence-electron chi connectivity index (χ2n) is 13.4. The maximum Gasteiger partial charge on any atom is 0.297 e. The summed E-state index contributed by atoms with van der Waals surface area (Å²) in [7, 11) is 0. The van der Waals surface area contributed by atoms with Crippen LogP contribution >= 0.6 is 12.4 Å². The van der Waals surface area contributed by atoms with E-state index in [1.54, 1.807) is 24.3 Å². The number of amides is 1. The summed E-state index contributed by atoms with van der Waals surface area (Å²) >= 11 is 0. The Hall–Kier alpha value is -3.79. The van der Waals surface area contributed by atoms with Gasteiger partial charge in [0.2, 0.25) is 0 Å². The summed E-state index contributed by atoms with van der Waals surface area (Å²) in [6.45, 7) is 8.28. The van der Waals surface area contributed by atoms with Crippen LogP contribution in [0.15, 0.2) is 51.8 Å². The number of nitro groups is 1. The van der Waals surface area contributed by atoms with Gasteiger partial charge in [-0.3, -0.25) is 19.7 Å². The minimum absolute atomic E-state index is 0. The number of carbonyl (C=O) groups excluding carboxylic acids is 1. The highest BCUT2D eigenvalue weighted by molar-refractivity contribution is 5.95. The van der Waals surface area contributed by atoms with E-state index in [0.29, 0.717) is 23.7 Å². The number of rotatable bonds is 21. The molecule has 0 unspecified atom stereocenters. The summed E-state index contributed by atoms with van der Waals surface area (Å²) in [6, 6.07) is 10.8. The first kappa shape index (κ1) is 40.4. The number of nitrogens with one attached hydrogen (secondary N) is 1. The number of unbranched alkanes of at least 4 members (excludes halogenated alkanes) is 13. The molecule has 11 heteroatoms. The van der Waals surface area contributed by atoms with E-state index in [0.717, 1.165) is 24.0 Å². The number of nitro benzene ring substituents is 1. The van der Waals surface area contributed by atoms with E-state index >= 15 is 0 Å². The number of halogens is 1. The van der Waals surface area contributed by atoms with E-state index in [4.69, 9.17) is 15.0 Å². The Labute approximate surface area is 291 Å². The first-order valence-electron chi connectivity index (χ1n) is 17.3. The molecule has 0 saturated heterocycles. The Kier molecular flexibility index (Phi) is 17.3. The Morgan fingerprint density at radius 3 is 1.96 bits per heavy atom. The molecule has 266 valence electrons. The number of benzene rings is 2. The first-order chi connectivity index (χ1) is 22.5. The Morgan fingerprint density at radius 2 is 1.44 bits per heavy atom. The lowest BCUT2D eigenvalue weighted by molar-refractivity contribution is -0.384. The van der Waals surface area contributed by atoms with E-state index in [2.05, 4.69) is 12.2 Å². The average molecular weight is 687 g/mol. The molecule has 0 atom stereocenters. The maximum absolute atomic E-state index is 13.5. The summed E-state index contributed by atoms with van der Waals surface area (Å²) < 4.78 is 12.7. The highest BCUT2D eigenvalue weighted by atomic mass is 35.5. The highest BCUT2D eigenvalue weighted by Gasteiger charge is 2.31. The van der Waals surface area contributed by atoms with Crippen LogP contribution in [0.25, 0.3) is 5.69 Å². The third-order valence-electron chi connectivity index (χ3n) is 8.31. The van der Waals surface area contributed by atoms with E-state index in [1.807, 2.05) is 20.8 Å². The zero-order chi connectivity index (χ0) is 34.2. The molecule has 48 heavy (non-hydrogen) atoms. The van der Waals surface area contributed by atoms with Gasteiger partial charge < -0.3 is 20.3 Å². The van der Waals surface area contributed by atoms with Gasteiger partial charge in [-0.1, -0.05) is 111 Å². The van der Waals surface area contributed by atoms with Crippen molar-refractivity contribution in [3.63, 3.8) is 0 Å². The number of hydrogen-bond acceptors (Lipinski definition) is 7. The second-order valence-corrected chi connectivity index (χ2v) is 13.4. The summed E-state index contributed by atoms with van der Waals surface area (Å²) in [5.41, 5.74) is 5.10. The Balaban J connectivity index is 0.00000800. The second kappa shape index (κ2) is 20.5. The number of nitrogen functional groups attached to an aromatic ring is 1. The normalized spacial score (nSPS) is 11.2. The minimum Gasteiger partial charge on any atom is -0.489 e. The molecular weight excluding hydrogens is 632 g/mol. The van der Waals surface area contributed by atoms with Gasteiger partial charge in [-0.2, -0.15) is 0 Å². The average Bonchev–Trinajstić information content (AvgIpc) is 3.38. The van der Waals surface area contributed by atoms with Gasteiger partial charge in [0.1, 0.15) is 12.4 Å². The van der Waals surface area contributed by atoms with Crippen LogP contribution in [0.4, 0.5) is 11.4 Å². The van der Waals surface area contributed by atoms with Gasteiger partial charge in [-0.15, -0.1) is 17.1 Å². The quantitative estimate of drug-likeness (QED) is 0.0492. The number of carbonyl (C=O) groups is 1. The van der Waals surface area contributed by atoms with Crippen LogP contribution in [0.2, 0.25) is 0 Å². The molecule has 1 aromatic heterocycles. The number of anilines is 1. The molecule has 0 bridgehead atoms. The van der Waals surface area contributed by atoms with E-state index in [9.17, 15) is 19.7 Å². The summed E-state index contributed by atoms with van der Waals surface area (Å²) in [4.78, 5) is 37.9. The molecule has 1 heterocycles. The molecule has 0 aliphatic carbocycles. The molecule has 2 aromatic carbocycles. The number of nitrogens with two attached hydrogens (primary N) is 1. The van der Waals surface area contributed by atoms with Crippen molar-refractivity contribution >= 4 is 29.7 Å². The molecule has 1 amide bonds.